The normalized spacial score (nSPS) is 17.0. The van der Waals surface area contributed by atoms with Crippen molar-refractivity contribution in [3.8, 4) is 11.5 Å². The van der Waals surface area contributed by atoms with E-state index in [1.54, 1.807) is 13.2 Å². The van der Waals surface area contributed by atoms with Gasteiger partial charge in [0.25, 0.3) is 0 Å². The maximum Gasteiger partial charge on any atom is 0.145 e. The van der Waals surface area contributed by atoms with Crippen LogP contribution >= 0.6 is 56.8 Å². The van der Waals surface area contributed by atoms with Gasteiger partial charge in [0.15, 0.2) is 0 Å². The van der Waals surface area contributed by atoms with Gasteiger partial charge < -0.3 is 15.2 Å². The van der Waals surface area contributed by atoms with Gasteiger partial charge in [-0.1, -0.05) is 11.6 Å². The fourth-order valence-corrected chi connectivity index (χ4v) is 5.52. The largest absolute Gasteiger partial charge is 0.506 e. The SMILES string of the molecule is COc1c(I)cc(C[C@@H]2NCCc3cc(Cl)c(O)cc32)cc1I. The second-order valence-corrected chi connectivity index (χ2v) is 8.29. The fourth-order valence-electron chi connectivity index (χ4n) is 2.99. The number of phenols is 1. The van der Waals surface area contributed by atoms with Gasteiger partial charge in [-0.05, 0) is 106 Å². The molecule has 0 aromatic heterocycles. The number of rotatable bonds is 3. The second-order valence-electron chi connectivity index (χ2n) is 5.56. The quantitative estimate of drug-likeness (QED) is 0.540. The molecule has 0 fully saturated rings. The van der Waals surface area contributed by atoms with E-state index in [9.17, 15) is 5.11 Å². The lowest BCUT2D eigenvalue weighted by molar-refractivity contribution is 0.408. The average Bonchev–Trinajstić information content (AvgIpc) is 2.49. The first-order valence-electron chi connectivity index (χ1n) is 7.26. The standard InChI is InChI=1S/C17H16ClI2NO2/c1-23-17-13(19)4-9(5-14(17)20)6-15-11-8-16(22)12(18)7-10(11)2-3-21-15/h4-5,7-8,15,21-22H,2-3,6H2,1H3/t15-/m0/s1. The van der Waals surface area contributed by atoms with E-state index in [1.807, 2.05) is 6.07 Å². The van der Waals surface area contributed by atoms with E-state index in [0.29, 0.717) is 5.02 Å². The van der Waals surface area contributed by atoms with Crippen LogP contribution in [0.15, 0.2) is 24.3 Å². The molecule has 0 unspecified atom stereocenters. The van der Waals surface area contributed by atoms with E-state index in [-0.39, 0.29) is 11.8 Å². The fraction of sp³-hybridized carbons (Fsp3) is 0.294. The van der Waals surface area contributed by atoms with Crippen LogP contribution in [0.4, 0.5) is 0 Å². The molecule has 3 rings (SSSR count). The molecule has 122 valence electrons. The summed E-state index contributed by atoms with van der Waals surface area (Å²) in [6.07, 6.45) is 1.80. The van der Waals surface area contributed by atoms with E-state index >= 15 is 0 Å². The van der Waals surface area contributed by atoms with Crippen LogP contribution < -0.4 is 10.1 Å². The molecular formula is C17H16ClI2NO2. The van der Waals surface area contributed by atoms with Gasteiger partial charge in [0.05, 0.1) is 19.3 Å². The Morgan fingerprint density at radius 3 is 2.61 bits per heavy atom. The first-order chi connectivity index (χ1) is 11.0. The molecule has 0 saturated heterocycles. The molecule has 1 aliphatic heterocycles. The Kier molecular flexibility index (Phi) is 5.60. The van der Waals surface area contributed by atoms with Crippen molar-refractivity contribution in [3.05, 3.63) is 53.1 Å². The van der Waals surface area contributed by atoms with Crippen molar-refractivity contribution in [2.45, 2.75) is 18.9 Å². The molecular weight excluding hydrogens is 539 g/mol. The maximum atomic E-state index is 9.94. The zero-order valence-electron chi connectivity index (χ0n) is 12.5. The highest BCUT2D eigenvalue weighted by molar-refractivity contribution is 14.1. The van der Waals surface area contributed by atoms with E-state index in [4.69, 9.17) is 16.3 Å². The van der Waals surface area contributed by atoms with Gasteiger partial charge in [-0.3, -0.25) is 0 Å². The summed E-state index contributed by atoms with van der Waals surface area (Å²) in [4.78, 5) is 0. The molecule has 0 bridgehead atoms. The summed E-state index contributed by atoms with van der Waals surface area (Å²) < 4.78 is 7.65. The molecule has 0 aliphatic carbocycles. The van der Waals surface area contributed by atoms with Crippen LogP contribution in [0, 0.1) is 7.14 Å². The molecule has 1 atom stereocenters. The highest BCUT2D eigenvalue weighted by Gasteiger charge is 2.22. The van der Waals surface area contributed by atoms with Gasteiger partial charge in [0.2, 0.25) is 0 Å². The monoisotopic (exact) mass is 555 g/mol. The third-order valence-electron chi connectivity index (χ3n) is 4.07. The highest BCUT2D eigenvalue weighted by Crippen LogP contribution is 2.35. The molecule has 23 heavy (non-hydrogen) atoms. The van der Waals surface area contributed by atoms with Crippen LogP contribution in [0.3, 0.4) is 0 Å². The molecule has 2 aromatic carbocycles. The van der Waals surface area contributed by atoms with Gasteiger partial charge in [-0.15, -0.1) is 0 Å². The lowest BCUT2D eigenvalue weighted by atomic mass is 9.90. The van der Waals surface area contributed by atoms with Crippen LogP contribution in [-0.4, -0.2) is 18.8 Å². The third-order valence-corrected chi connectivity index (χ3v) is 5.98. The van der Waals surface area contributed by atoms with Crippen molar-refractivity contribution in [2.75, 3.05) is 13.7 Å². The number of fused-ring (bicyclic) bond motifs is 1. The number of phenolic OH excluding ortho intramolecular Hbond substituents is 1. The number of methoxy groups -OCH3 is 1. The third kappa shape index (κ3) is 3.72. The second kappa shape index (κ2) is 7.33. The number of hydrogen-bond donors (Lipinski definition) is 2. The Bertz CT molecular complexity index is 729. The summed E-state index contributed by atoms with van der Waals surface area (Å²) in [5.74, 6) is 1.08. The minimum atomic E-state index is 0.151. The van der Waals surface area contributed by atoms with Crippen molar-refractivity contribution in [2.24, 2.45) is 0 Å². The van der Waals surface area contributed by atoms with E-state index < -0.39 is 0 Å². The average molecular weight is 556 g/mol. The lowest BCUT2D eigenvalue weighted by Crippen LogP contribution is -2.31. The summed E-state index contributed by atoms with van der Waals surface area (Å²) in [5, 5.41) is 13.9. The van der Waals surface area contributed by atoms with Crippen molar-refractivity contribution in [1.82, 2.24) is 5.32 Å². The van der Waals surface area contributed by atoms with Crippen LogP contribution in [0.2, 0.25) is 5.02 Å². The molecule has 6 heteroatoms. The molecule has 2 aromatic rings. The zero-order valence-corrected chi connectivity index (χ0v) is 17.6. The Morgan fingerprint density at radius 1 is 1.26 bits per heavy atom. The molecule has 0 radical (unpaired) electrons. The summed E-state index contributed by atoms with van der Waals surface area (Å²) in [6.45, 7) is 0.920. The van der Waals surface area contributed by atoms with Gasteiger partial charge in [-0.2, -0.15) is 0 Å². The number of hydrogen-bond acceptors (Lipinski definition) is 3. The smallest absolute Gasteiger partial charge is 0.145 e. The topological polar surface area (TPSA) is 41.5 Å². The Labute approximate surface area is 168 Å². The molecule has 0 amide bonds. The first-order valence-corrected chi connectivity index (χ1v) is 9.79. The first kappa shape index (κ1) is 17.6. The molecule has 3 nitrogen and oxygen atoms in total. The van der Waals surface area contributed by atoms with Crippen LogP contribution in [0.1, 0.15) is 22.7 Å². The minimum Gasteiger partial charge on any atom is -0.506 e. The van der Waals surface area contributed by atoms with Gasteiger partial charge in [0, 0.05) is 6.04 Å². The molecule has 2 N–H and O–H groups in total. The number of benzene rings is 2. The Morgan fingerprint density at radius 2 is 1.96 bits per heavy atom. The molecule has 1 heterocycles. The predicted octanol–water partition coefficient (Wildman–Crippen LogP) is 4.69. The summed E-state index contributed by atoms with van der Waals surface area (Å²) >= 11 is 10.7. The Hall–Kier alpha value is -0.250. The van der Waals surface area contributed by atoms with Crippen LogP contribution in [-0.2, 0) is 12.8 Å². The van der Waals surface area contributed by atoms with E-state index in [0.717, 1.165) is 37.8 Å². The number of nitrogens with one attached hydrogen (secondary N) is 1. The summed E-state index contributed by atoms with van der Waals surface area (Å²) in [7, 11) is 1.70. The van der Waals surface area contributed by atoms with Crippen molar-refractivity contribution in [1.29, 1.82) is 0 Å². The highest BCUT2D eigenvalue weighted by atomic mass is 127. The molecule has 1 aliphatic rings. The minimum absolute atomic E-state index is 0.151. The number of ether oxygens (including phenoxy) is 1. The number of aromatic hydroxyl groups is 1. The van der Waals surface area contributed by atoms with E-state index in [2.05, 4.69) is 62.6 Å². The summed E-state index contributed by atoms with van der Waals surface area (Å²) in [6, 6.07) is 8.19. The summed E-state index contributed by atoms with van der Waals surface area (Å²) in [5.41, 5.74) is 3.60. The maximum absolute atomic E-state index is 9.94. The van der Waals surface area contributed by atoms with Crippen molar-refractivity contribution >= 4 is 56.8 Å². The van der Waals surface area contributed by atoms with Gasteiger partial charge in [0.1, 0.15) is 11.5 Å². The molecule has 0 saturated carbocycles. The lowest BCUT2D eigenvalue weighted by Gasteiger charge is -2.28. The molecule has 0 spiro atoms. The number of halogens is 3. The van der Waals surface area contributed by atoms with E-state index in [1.165, 1.54) is 11.1 Å². The van der Waals surface area contributed by atoms with Crippen LogP contribution in [0.5, 0.6) is 11.5 Å². The Balaban J connectivity index is 1.92. The van der Waals surface area contributed by atoms with Crippen molar-refractivity contribution in [3.63, 3.8) is 0 Å². The predicted molar refractivity (Wildman–Crippen MR) is 110 cm³/mol. The zero-order chi connectivity index (χ0) is 16.6. The van der Waals surface area contributed by atoms with Gasteiger partial charge in [-0.25, -0.2) is 0 Å². The van der Waals surface area contributed by atoms with Crippen molar-refractivity contribution < 1.29 is 9.84 Å². The van der Waals surface area contributed by atoms with Gasteiger partial charge >= 0.3 is 0 Å². The van der Waals surface area contributed by atoms with Crippen LogP contribution in [0.25, 0.3) is 0 Å².